The third kappa shape index (κ3) is 4.63. The maximum atomic E-state index is 5.97. The average molecular weight is 185 g/mol. The molecule has 0 saturated carbocycles. The summed E-state index contributed by atoms with van der Waals surface area (Å²) in [6, 6.07) is 0.438. The molecule has 1 fully saturated rings. The monoisotopic (exact) mass is 185 g/mol. The molecule has 0 amide bonds. The Hall–Kier alpha value is -0.0800. The van der Waals surface area contributed by atoms with Crippen LogP contribution in [0.1, 0.15) is 45.4 Å². The van der Waals surface area contributed by atoms with E-state index in [9.17, 15) is 0 Å². The van der Waals surface area contributed by atoms with Crippen LogP contribution in [0, 0.1) is 5.92 Å². The van der Waals surface area contributed by atoms with E-state index in [1.54, 1.807) is 0 Å². The molecule has 1 aliphatic heterocycles. The Morgan fingerprint density at radius 2 is 2.00 bits per heavy atom. The minimum absolute atomic E-state index is 0.438. The van der Waals surface area contributed by atoms with Gasteiger partial charge in [0.1, 0.15) is 0 Å². The van der Waals surface area contributed by atoms with Crippen molar-refractivity contribution in [3.8, 4) is 0 Å². The summed E-state index contributed by atoms with van der Waals surface area (Å²) in [5.74, 6) is 0.886. The number of hydrogen-bond donors (Lipinski definition) is 1. The Bertz CT molecular complexity index is 121. The van der Waals surface area contributed by atoms with Crippen molar-refractivity contribution in [2.45, 2.75) is 51.5 Å². The third-order valence-corrected chi connectivity index (χ3v) is 2.95. The Morgan fingerprint density at radius 3 is 2.62 bits per heavy atom. The normalized spacial score (nSPS) is 21.7. The van der Waals surface area contributed by atoms with Gasteiger partial charge in [-0.3, -0.25) is 0 Å². The Kier molecular flexibility index (Phi) is 5.40. The lowest BCUT2D eigenvalue weighted by molar-refractivity contribution is 0.0627. The van der Waals surface area contributed by atoms with Crippen LogP contribution in [-0.4, -0.2) is 19.3 Å². The maximum absolute atomic E-state index is 5.97. The van der Waals surface area contributed by atoms with E-state index in [0.29, 0.717) is 6.04 Å². The minimum Gasteiger partial charge on any atom is -0.381 e. The van der Waals surface area contributed by atoms with Crippen molar-refractivity contribution < 1.29 is 4.74 Å². The fourth-order valence-corrected chi connectivity index (χ4v) is 2.00. The van der Waals surface area contributed by atoms with E-state index in [4.69, 9.17) is 10.5 Å². The standard InChI is InChI=1S/C11H23NO/c1-2-3-11(12)5-4-10-6-8-13-9-7-10/h10-11H,2-9,12H2,1H3. The summed E-state index contributed by atoms with van der Waals surface area (Å²) in [7, 11) is 0. The summed E-state index contributed by atoms with van der Waals surface area (Å²) in [6.45, 7) is 4.13. The van der Waals surface area contributed by atoms with Gasteiger partial charge in [-0.15, -0.1) is 0 Å². The van der Waals surface area contributed by atoms with Gasteiger partial charge in [-0.05, 0) is 38.0 Å². The highest BCUT2D eigenvalue weighted by atomic mass is 16.5. The number of rotatable bonds is 5. The van der Waals surface area contributed by atoms with E-state index in [2.05, 4.69) is 6.92 Å². The lowest BCUT2D eigenvalue weighted by Crippen LogP contribution is -2.22. The highest BCUT2D eigenvalue weighted by Gasteiger charge is 2.14. The van der Waals surface area contributed by atoms with Gasteiger partial charge in [0.05, 0.1) is 0 Å². The van der Waals surface area contributed by atoms with Crippen LogP contribution in [0.15, 0.2) is 0 Å². The first-order valence-electron chi connectivity index (χ1n) is 5.66. The van der Waals surface area contributed by atoms with E-state index in [1.807, 2.05) is 0 Å². The smallest absolute Gasteiger partial charge is 0.0468 e. The molecule has 0 spiro atoms. The molecule has 0 bridgehead atoms. The molecule has 1 rings (SSSR count). The number of ether oxygens (including phenoxy) is 1. The van der Waals surface area contributed by atoms with Crippen molar-refractivity contribution in [2.24, 2.45) is 11.7 Å². The van der Waals surface area contributed by atoms with E-state index >= 15 is 0 Å². The Balaban J connectivity index is 2.03. The molecular weight excluding hydrogens is 162 g/mol. The van der Waals surface area contributed by atoms with Crippen LogP contribution in [0.3, 0.4) is 0 Å². The first-order chi connectivity index (χ1) is 6.33. The van der Waals surface area contributed by atoms with Gasteiger partial charge in [-0.25, -0.2) is 0 Å². The molecule has 1 aliphatic rings. The van der Waals surface area contributed by atoms with Crippen LogP contribution in [0.2, 0.25) is 0 Å². The molecule has 1 unspecified atom stereocenters. The van der Waals surface area contributed by atoms with Crippen LogP contribution in [-0.2, 0) is 4.74 Å². The Morgan fingerprint density at radius 1 is 1.31 bits per heavy atom. The van der Waals surface area contributed by atoms with Crippen LogP contribution in [0.25, 0.3) is 0 Å². The second kappa shape index (κ2) is 6.39. The van der Waals surface area contributed by atoms with Crippen molar-refractivity contribution in [2.75, 3.05) is 13.2 Å². The van der Waals surface area contributed by atoms with Gasteiger partial charge in [0.15, 0.2) is 0 Å². The molecule has 2 nitrogen and oxygen atoms in total. The van der Waals surface area contributed by atoms with Gasteiger partial charge in [0, 0.05) is 19.3 Å². The zero-order valence-electron chi connectivity index (χ0n) is 8.80. The Labute approximate surface area is 81.8 Å². The lowest BCUT2D eigenvalue weighted by atomic mass is 9.92. The second-order valence-corrected chi connectivity index (χ2v) is 4.18. The lowest BCUT2D eigenvalue weighted by Gasteiger charge is -2.23. The second-order valence-electron chi connectivity index (χ2n) is 4.18. The zero-order valence-corrected chi connectivity index (χ0v) is 8.80. The summed E-state index contributed by atoms with van der Waals surface area (Å²) in [4.78, 5) is 0. The third-order valence-electron chi connectivity index (χ3n) is 2.95. The van der Waals surface area contributed by atoms with Crippen molar-refractivity contribution in [1.82, 2.24) is 0 Å². The SMILES string of the molecule is CCCC(N)CCC1CCOCC1. The van der Waals surface area contributed by atoms with Gasteiger partial charge in [-0.2, -0.15) is 0 Å². The summed E-state index contributed by atoms with van der Waals surface area (Å²) in [5.41, 5.74) is 5.97. The number of hydrogen-bond acceptors (Lipinski definition) is 2. The highest BCUT2D eigenvalue weighted by molar-refractivity contribution is 4.68. The molecule has 0 aromatic heterocycles. The fourth-order valence-electron chi connectivity index (χ4n) is 2.00. The first kappa shape index (κ1) is 11.0. The first-order valence-corrected chi connectivity index (χ1v) is 5.66. The van der Waals surface area contributed by atoms with Gasteiger partial charge in [-0.1, -0.05) is 13.3 Å². The quantitative estimate of drug-likeness (QED) is 0.713. The molecule has 0 aromatic rings. The molecule has 0 radical (unpaired) electrons. The fraction of sp³-hybridized carbons (Fsp3) is 1.00. The van der Waals surface area contributed by atoms with E-state index in [1.165, 1.54) is 38.5 Å². The van der Waals surface area contributed by atoms with Crippen LogP contribution in [0.5, 0.6) is 0 Å². The van der Waals surface area contributed by atoms with Crippen molar-refractivity contribution in [3.05, 3.63) is 0 Å². The van der Waals surface area contributed by atoms with Crippen LogP contribution >= 0.6 is 0 Å². The molecule has 78 valence electrons. The van der Waals surface area contributed by atoms with Crippen LogP contribution < -0.4 is 5.73 Å². The summed E-state index contributed by atoms with van der Waals surface area (Å²) < 4.78 is 5.32. The molecular formula is C11H23NO. The predicted molar refractivity (Wildman–Crippen MR) is 55.7 cm³/mol. The average Bonchev–Trinajstić information content (AvgIpc) is 2.17. The zero-order chi connectivity index (χ0) is 9.52. The molecule has 1 atom stereocenters. The van der Waals surface area contributed by atoms with E-state index in [0.717, 1.165) is 19.1 Å². The van der Waals surface area contributed by atoms with Crippen molar-refractivity contribution in [1.29, 1.82) is 0 Å². The molecule has 0 aromatic carbocycles. The van der Waals surface area contributed by atoms with Gasteiger partial charge in [0.25, 0.3) is 0 Å². The highest BCUT2D eigenvalue weighted by Crippen LogP contribution is 2.21. The topological polar surface area (TPSA) is 35.2 Å². The summed E-state index contributed by atoms with van der Waals surface area (Å²) >= 11 is 0. The molecule has 2 heteroatoms. The van der Waals surface area contributed by atoms with Crippen LogP contribution in [0.4, 0.5) is 0 Å². The predicted octanol–water partition coefficient (Wildman–Crippen LogP) is 2.32. The molecule has 1 heterocycles. The van der Waals surface area contributed by atoms with Gasteiger partial charge >= 0.3 is 0 Å². The molecule has 0 aliphatic carbocycles. The molecule has 2 N–H and O–H groups in total. The molecule has 13 heavy (non-hydrogen) atoms. The van der Waals surface area contributed by atoms with Crippen molar-refractivity contribution in [3.63, 3.8) is 0 Å². The van der Waals surface area contributed by atoms with Gasteiger partial charge in [0.2, 0.25) is 0 Å². The summed E-state index contributed by atoms with van der Waals surface area (Å²) in [6.07, 6.45) is 7.42. The van der Waals surface area contributed by atoms with E-state index < -0.39 is 0 Å². The number of nitrogens with two attached hydrogens (primary N) is 1. The summed E-state index contributed by atoms with van der Waals surface area (Å²) in [5, 5.41) is 0. The maximum Gasteiger partial charge on any atom is 0.0468 e. The molecule has 1 saturated heterocycles. The minimum atomic E-state index is 0.438. The van der Waals surface area contributed by atoms with Crippen molar-refractivity contribution >= 4 is 0 Å². The van der Waals surface area contributed by atoms with Gasteiger partial charge < -0.3 is 10.5 Å². The van der Waals surface area contributed by atoms with E-state index in [-0.39, 0.29) is 0 Å². The largest absolute Gasteiger partial charge is 0.381 e.